The minimum Gasteiger partial charge on any atom is -0.325 e. The molecule has 3 rings (SSSR count). The maximum Gasteiger partial charge on any atom is 0.294 e. The lowest BCUT2D eigenvalue weighted by Gasteiger charge is -2.12. The van der Waals surface area contributed by atoms with Crippen molar-refractivity contribution < 1.29 is 14.4 Å². The van der Waals surface area contributed by atoms with Crippen molar-refractivity contribution in [3.05, 3.63) is 68.6 Å². The molecule has 1 fully saturated rings. The van der Waals surface area contributed by atoms with Crippen LogP contribution in [0.15, 0.2) is 59.5 Å². The molecule has 1 aliphatic heterocycles. The molecule has 0 spiro atoms. The monoisotopic (exact) mass is 464 g/mol. The van der Waals surface area contributed by atoms with Gasteiger partial charge in [-0.1, -0.05) is 30.3 Å². The third kappa shape index (κ3) is 4.49. The Morgan fingerprint density at radius 1 is 1.08 bits per heavy atom. The Bertz CT molecular complexity index is 850. The van der Waals surface area contributed by atoms with E-state index in [4.69, 9.17) is 0 Å². The van der Waals surface area contributed by atoms with Gasteiger partial charge in [0.1, 0.15) is 6.54 Å². The second kappa shape index (κ2) is 7.83. The fourth-order valence-electron chi connectivity index (χ4n) is 2.21. The second-order valence-electron chi connectivity index (χ2n) is 5.23. The minimum absolute atomic E-state index is 0.302. The van der Waals surface area contributed by atoms with Gasteiger partial charge in [0.15, 0.2) is 0 Å². The van der Waals surface area contributed by atoms with Crippen molar-refractivity contribution in [3.63, 3.8) is 0 Å². The molecule has 25 heavy (non-hydrogen) atoms. The van der Waals surface area contributed by atoms with Crippen molar-refractivity contribution >= 4 is 63.2 Å². The molecule has 1 heterocycles. The van der Waals surface area contributed by atoms with E-state index >= 15 is 0 Å². The number of halogens is 1. The first-order valence-electron chi connectivity index (χ1n) is 7.39. The van der Waals surface area contributed by atoms with E-state index in [1.807, 2.05) is 30.3 Å². The summed E-state index contributed by atoms with van der Waals surface area (Å²) in [6.45, 7) is -0.302. The lowest BCUT2D eigenvalue weighted by atomic mass is 10.2. The summed E-state index contributed by atoms with van der Waals surface area (Å²) in [5.41, 5.74) is 1.45. The number of hydrogen-bond donors (Lipinski definition) is 1. The maximum atomic E-state index is 12.4. The van der Waals surface area contributed by atoms with Crippen LogP contribution in [-0.2, 0) is 9.59 Å². The number of carbonyl (C=O) groups is 3. The number of carbonyl (C=O) groups excluding carboxylic acids is 3. The van der Waals surface area contributed by atoms with E-state index in [1.165, 1.54) is 0 Å². The Labute approximate surface area is 162 Å². The summed E-state index contributed by atoms with van der Waals surface area (Å²) in [6.07, 6.45) is 1.66. The third-order valence-electron chi connectivity index (χ3n) is 3.40. The van der Waals surface area contributed by atoms with Gasteiger partial charge in [-0.2, -0.15) is 0 Å². The summed E-state index contributed by atoms with van der Waals surface area (Å²) >= 11 is 3.04. The zero-order valence-electron chi connectivity index (χ0n) is 12.9. The number of imide groups is 1. The molecule has 1 N–H and O–H groups in total. The van der Waals surface area contributed by atoms with Gasteiger partial charge in [0.2, 0.25) is 5.91 Å². The molecule has 0 saturated carbocycles. The van der Waals surface area contributed by atoms with Crippen LogP contribution >= 0.6 is 34.4 Å². The molecule has 0 radical (unpaired) electrons. The molecule has 126 valence electrons. The van der Waals surface area contributed by atoms with Gasteiger partial charge in [-0.3, -0.25) is 19.3 Å². The molecule has 1 saturated heterocycles. The van der Waals surface area contributed by atoms with Gasteiger partial charge in [-0.15, -0.1) is 0 Å². The average molecular weight is 464 g/mol. The van der Waals surface area contributed by atoms with Crippen LogP contribution in [-0.4, -0.2) is 28.5 Å². The van der Waals surface area contributed by atoms with E-state index in [0.29, 0.717) is 10.6 Å². The number of para-hydroxylation sites is 1. The molecule has 0 bridgehead atoms. The van der Waals surface area contributed by atoms with Crippen molar-refractivity contribution in [1.82, 2.24) is 4.90 Å². The van der Waals surface area contributed by atoms with Crippen molar-refractivity contribution in [3.8, 4) is 0 Å². The van der Waals surface area contributed by atoms with E-state index in [0.717, 1.165) is 25.8 Å². The van der Waals surface area contributed by atoms with Crippen LogP contribution in [0.5, 0.6) is 0 Å². The molecule has 0 atom stereocenters. The molecule has 3 amide bonds. The predicted molar refractivity (Wildman–Crippen MR) is 107 cm³/mol. The Hall–Kier alpha value is -2.13. The van der Waals surface area contributed by atoms with Crippen molar-refractivity contribution in [2.45, 2.75) is 0 Å². The number of amides is 3. The van der Waals surface area contributed by atoms with Gasteiger partial charge >= 0.3 is 0 Å². The molecule has 2 aromatic carbocycles. The number of nitrogens with one attached hydrogen (secondary N) is 1. The van der Waals surface area contributed by atoms with Crippen LogP contribution < -0.4 is 5.32 Å². The minimum atomic E-state index is -0.447. The number of rotatable bonds is 4. The highest BCUT2D eigenvalue weighted by Crippen LogP contribution is 2.32. The summed E-state index contributed by atoms with van der Waals surface area (Å²) in [6, 6.07) is 16.5. The van der Waals surface area contributed by atoms with E-state index in [-0.39, 0.29) is 6.54 Å². The molecular formula is C18H13IN2O3S. The lowest BCUT2D eigenvalue weighted by molar-refractivity contribution is -0.127. The average Bonchev–Trinajstić information content (AvgIpc) is 2.85. The predicted octanol–water partition coefficient (Wildman–Crippen LogP) is 3.97. The Kier molecular flexibility index (Phi) is 5.54. The molecule has 2 aromatic rings. The van der Waals surface area contributed by atoms with Crippen LogP contribution in [0.25, 0.3) is 6.08 Å². The van der Waals surface area contributed by atoms with Crippen LogP contribution in [0, 0.1) is 3.57 Å². The van der Waals surface area contributed by atoms with E-state index in [1.54, 1.807) is 30.3 Å². The van der Waals surface area contributed by atoms with Gasteiger partial charge in [0.25, 0.3) is 11.1 Å². The quantitative estimate of drug-likeness (QED) is 0.550. The fourth-order valence-corrected chi connectivity index (χ4v) is 3.41. The highest BCUT2D eigenvalue weighted by molar-refractivity contribution is 14.1. The molecule has 1 aliphatic rings. The number of anilines is 1. The lowest BCUT2D eigenvalue weighted by Crippen LogP contribution is -2.36. The Balaban J connectivity index is 1.69. The van der Waals surface area contributed by atoms with Gasteiger partial charge < -0.3 is 5.32 Å². The molecular weight excluding hydrogens is 451 g/mol. The van der Waals surface area contributed by atoms with Gasteiger partial charge in [0, 0.05) is 9.26 Å². The smallest absolute Gasteiger partial charge is 0.294 e. The van der Waals surface area contributed by atoms with Crippen LogP contribution in [0.2, 0.25) is 0 Å². The maximum absolute atomic E-state index is 12.4. The first-order chi connectivity index (χ1) is 12.0. The topological polar surface area (TPSA) is 66.5 Å². The summed E-state index contributed by atoms with van der Waals surface area (Å²) in [5.74, 6) is -0.860. The molecule has 0 unspecified atom stereocenters. The zero-order chi connectivity index (χ0) is 17.8. The zero-order valence-corrected chi connectivity index (χ0v) is 15.9. The van der Waals surface area contributed by atoms with Crippen molar-refractivity contribution in [2.24, 2.45) is 0 Å². The largest absolute Gasteiger partial charge is 0.325 e. The SMILES string of the molecule is O=C(CN1C(=O)S/C(=C\c2ccc(I)cc2)C1=O)Nc1ccccc1. The summed E-state index contributed by atoms with van der Waals surface area (Å²) in [5, 5.41) is 2.23. The van der Waals surface area contributed by atoms with Gasteiger partial charge in [0.05, 0.1) is 4.91 Å². The summed E-state index contributed by atoms with van der Waals surface area (Å²) < 4.78 is 1.08. The van der Waals surface area contributed by atoms with Crippen LogP contribution in [0.4, 0.5) is 10.5 Å². The van der Waals surface area contributed by atoms with E-state index in [2.05, 4.69) is 27.9 Å². The molecule has 0 aromatic heterocycles. The number of benzene rings is 2. The first kappa shape index (κ1) is 17.7. The van der Waals surface area contributed by atoms with Crippen molar-refractivity contribution in [1.29, 1.82) is 0 Å². The molecule has 0 aliphatic carbocycles. The Morgan fingerprint density at radius 3 is 2.44 bits per heavy atom. The second-order valence-corrected chi connectivity index (χ2v) is 7.47. The highest BCUT2D eigenvalue weighted by Gasteiger charge is 2.36. The Morgan fingerprint density at radius 2 is 1.76 bits per heavy atom. The number of thioether (sulfide) groups is 1. The number of hydrogen-bond acceptors (Lipinski definition) is 4. The summed E-state index contributed by atoms with van der Waals surface area (Å²) in [7, 11) is 0. The fraction of sp³-hybridized carbons (Fsp3) is 0.0556. The standard InChI is InChI=1S/C18H13IN2O3S/c19-13-8-6-12(7-9-13)10-15-17(23)21(18(24)25-15)11-16(22)20-14-4-2-1-3-5-14/h1-10H,11H2,(H,20,22)/b15-10-. The molecule has 7 heteroatoms. The summed E-state index contributed by atoms with van der Waals surface area (Å²) in [4.78, 5) is 37.8. The highest BCUT2D eigenvalue weighted by atomic mass is 127. The van der Waals surface area contributed by atoms with Crippen LogP contribution in [0.1, 0.15) is 5.56 Å². The van der Waals surface area contributed by atoms with Gasteiger partial charge in [-0.05, 0) is 70.3 Å². The van der Waals surface area contributed by atoms with Crippen LogP contribution in [0.3, 0.4) is 0 Å². The number of nitrogens with zero attached hydrogens (tertiary/aromatic N) is 1. The van der Waals surface area contributed by atoms with E-state index < -0.39 is 17.1 Å². The normalized spacial score (nSPS) is 15.7. The van der Waals surface area contributed by atoms with Gasteiger partial charge in [-0.25, -0.2) is 0 Å². The third-order valence-corrected chi connectivity index (χ3v) is 5.03. The first-order valence-corrected chi connectivity index (χ1v) is 9.28. The van der Waals surface area contributed by atoms with Crippen molar-refractivity contribution in [2.75, 3.05) is 11.9 Å². The molecule has 5 nitrogen and oxygen atoms in total. The van der Waals surface area contributed by atoms with E-state index in [9.17, 15) is 14.4 Å².